The van der Waals surface area contributed by atoms with Gasteiger partial charge in [-0.2, -0.15) is 0 Å². The van der Waals surface area contributed by atoms with Gasteiger partial charge >= 0.3 is 0 Å². The summed E-state index contributed by atoms with van der Waals surface area (Å²) in [6, 6.07) is 13.4. The van der Waals surface area contributed by atoms with E-state index in [4.69, 9.17) is 11.6 Å². The summed E-state index contributed by atoms with van der Waals surface area (Å²) in [6.45, 7) is 1.30. The van der Waals surface area contributed by atoms with Crippen molar-refractivity contribution in [2.24, 2.45) is 0 Å². The first-order valence-corrected chi connectivity index (χ1v) is 10.4. The number of rotatable bonds is 6. The molecule has 28 heavy (non-hydrogen) atoms. The zero-order chi connectivity index (χ0) is 19.4. The van der Waals surface area contributed by atoms with Crippen LogP contribution in [0.1, 0.15) is 5.56 Å². The van der Waals surface area contributed by atoms with Gasteiger partial charge in [0.05, 0.1) is 10.2 Å². The van der Waals surface area contributed by atoms with E-state index in [1.807, 2.05) is 55.4 Å². The van der Waals surface area contributed by atoms with Crippen LogP contribution in [0.2, 0.25) is 5.02 Å². The summed E-state index contributed by atoms with van der Waals surface area (Å²) in [5.74, 6) is -0.116. The Kier molecular flexibility index (Phi) is 8.46. The van der Waals surface area contributed by atoms with E-state index in [-0.39, 0.29) is 18.3 Å². The van der Waals surface area contributed by atoms with E-state index in [0.29, 0.717) is 16.7 Å². The third-order valence-electron chi connectivity index (χ3n) is 3.92. The van der Waals surface area contributed by atoms with E-state index in [0.717, 1.165) is 26.8 Å². The molecule has 2 aromatic carbocycles. The Hall–Kier alpha value is -1.44. The molecule has 0 saturated carbocycles. The first-order valence-electron chi connectivity index (χ1n) is 8.39. The molecule has 0 atom stereocenters. The van der Waals surface area contributed by atoms with Crippen molar-refractivity contribution in [3.05, 3.63) is 63.6 Å². The molecule has 0 aliphatic rings. The molecule has 0 bridgehead atoms. The van der Waals surface area contributed by atoms with Gasteiger partial charge in [-0.3, -0.25) is 9.69 Å². The lowest BCUT2D eigenvalue weighted by molar-refractivity contribution is -0.114. The molecule has 1 amide bonds. The van der Waals surface area contributed by atoms with Crippen LogP contribution < -0.4 is 4.90 Å². The Balaban J connectivity index is 0.00000280. The van der Waals surface area contributed by atoms with Crippen LogP contribution in [0.25, 0.3) is 16.3 Å². The summed E-state index contributed by atoms with van der Waals surface area (Å²) in [4.78, 5) is 21.3. The number of benzene rings is 2. The molecule has 0 aliphatic heterocycles. The zero-order valence-electron chi connectivity index (χ0n) is 15.4. The summed E-state index contributed by atoms with van der Waals surface area (Å²) >= 11 is 11.2. The van der Waals surface area contributed by atoms with Crippen LogP contribution in [-0.2, 0) is 4.79 Å². The molecular weight excluding hydrogens is 481 g/mol. The van der Waals surface area contributed by atoms with E-state index in [2.05, 4.69) is 20.9 Å². The predicted octanol–water partition coefficient (Wildman–Crippen LogP) is 5.74. The number of aromatic nitrogens is 1. The summed E-state index contributed by atoms with van der Waals surface area (Å²) in [5.41, 5.74) is 1.70. The van der Waals surface area contributed by atoms with Gasteiger partial charge in [-0.15, -0.1) is 12.4 Å². The monoisotopic (exact) mass is 499 g/mol. The molecule has 0 spiro atoms. The second kappa shape index (κ2) is 10.4. The first-order chi connectivity index (χ1) is 12.9. The Morgan fingerprint density at radius 2 is 1.96 bits per heavy atom. The summed E-state index contributed by atoms with van der Waals surface area (Å²) in [6.07, 6.45) is 3.30. The molecular formula is C20H20BrCl2N3OS. The highest BCUT2D eigenvalue weighted by Gasteiger charge is 2.18. The number of carbonyl (C=O) groups excluding carboxylic acids is 1. The maximum Gasteiger partial charge on any atom is 0.252 e. The van der Waals surface area contributed by atoms with Crippen LogP contribution in [0.15, 0.2) is 53.0 Å². The lowest BCUT2D eigenvalue weighted by Crippen LogP contribution is -2.35. The number of fused-ring (bicyclic) bond motifs is 1. The molecule has 1 heterocycles. The fourth-order valence-electron chi connectivity index (χ4n) is 2.46. The Morgan fingerprint density at radius 1 is 1.21 bits per heavy atom. The minimum absolute atomic E-state index is 0. The van der Waals surface area contributed by atoms with Crippen molar-refractivity contribution >= 4 is 78.6 Å². The Morgan fingerprint density at radius 3 is 2.68 bits per heavy atom. The number of amides is 1. The summed E-state index contributed by atoms with van der Waals surface area (Å²) in [7, 11) is 3.97. The number of hydrogen-bond donors (Lipinski definition) is 0. The van der Waals surface area contributed by atoms with Gasteiger partial charge < -0.3 is 4.90 Å². The lowest BCUT2D eigenvalue weighted by atomic mass is 10.2. The third kappa shape index (κ3) is 5.78. The predicted molar refractivity (Wildman–Crippen MR) is 126 cm³/mol. The number of carbonyl (C=O) groups is 1. The molecule has 0 radical (unpaired) electrons. The maximum absolute atomic E-state index is 12.9. The van der Waals surface area contributed by atoms with Gasteiger partial charge in [0.2, 0.25) is 0 Å². The molecule has 0 fully saturated rings. The van der Waals surface area contributed by atoms with Crippen molar-refractivity contribution in [2.75, 3.05) is 32.1 Å². The minimum Gasteiger partial charge on any atom is -0.308 e. The number of nitrogens with zero attached hydrogens (tertiary/aromatic N) is 3. The normalized spacial score (nSPS) is 11.2. The van der Waals surface area contributed by atoms with Crippen molar-refractivity contribution in [3.63, 3.8) is 0 Å². The van der Waals surface area contributed by atoms with E-state index in [9.17, 15) is 4.79 Å². The van der Waals surface area contributed by atoms with Crippen LogP contribution in [0, 0.1) is 0 Å². The van der Waals surface area contributed by atoms with Crippen LogP contribution >= 0.6 is 51.3 Å². The standard InChI is InChI=1S/C20H19BrClN3OS.ClH/c1-24(2)11-12-25(19(26)10-7-14-5-3-4-6-16(14)22)20-23-17-9-8-15(21)13-18(17)27-20;/h3-10,13H,11-12H2,1-2H3;1H. The van der Waals surface area contributed by atoms with Crippen molar-refractivity contribution in [1.82, 2.24) is 9.88 Å². The smallest absolute Gasteiger partial charge is 0.252 e. The summed E-state index contributed by atoms with van der Waals surface area (Å²) in [5, 5.41) is 1.31. The number of likely N-dealkylation sites (N-methyl/N-ethyl adjacent to an activating group) is 1. The van der Waals surface area contributed by atoms with Gasteiger partial charge in [0.1, 0.15) is 0 Å². The average molecular weight is 501 g/mol. The van der Waals surface area contributed by atoms with Gasteiger partial charge in [-0.1, -0.05) is 57.1 Å². The molecule has 8 heteroatoms. The first kappa shape index (κ1) is 22.8. The second-order valence-corrected chi connectivity index (χ2v) is 8.59. The molecule has 0 unspecified atom stereocenters. The van der Waals surface area contributed by atoms with Crippen LogP contribution in [0.4, 0.5) is 5.13 Å². The fourth-order valence-corrected chi connectivity index (χ4v) is 4.21. The zero-order valence-corrected chi connectivity index (χ0v) is 19.4. The highest BCUT2D eigenvalue weighted by atomic mass is 79.9. The van der Waals surface area contributed by atoms with Gasteiger partial charge in [-0.25, -0.2) is 4.98 Å². The van der Waals surface area contributed by atoms with Crippen LogP contribution in [0.5, 0.6) is 0 Å². The van der Waals surface area contributed by atoms with Crippen LogP contribution in [-0.4, -0.2) is 43.0 Å². The Labute approximate surface area is 188 Å². The average Bonchev–Trinajstić information content (AvgIpc) is 3.03. The van der Waals surface area contributed by atoms with E-state index < -0.39 is 0 Å². The van der Waals surface area contributed by atoms with E-state index in [1.165, 1.54) is 11.3 Å². The van der Waals surface area contributed by atoms with Crippen molar-refractivity contribution in [2.45, 2.75) is 0 Å². The molecule has 1 aromatic heterocycles. The maximum atomic E-state index is 12.9. The number of anilines is 1. The molecule has 3 rings (SSSR count). The molecule has 4 nitrogen and oxygen atoms in total. The molecule has 3 aromatic rings. The highest BCUT2D eigenvalue weighted by molar-refractivity contribution is 9.10. The van der Waals surface area contributed by atoms with Crippen molar-refractivity contribution in [3.8, 4) is 0 Å². The summed E-state index contributed by atoms with van der Waals surface area (Å²) < 4.78 is 2.03. The molecule has 0 aliphatic carbocycles. The van der Waals surface area contributed by atoms with E-state index >= 15 is 0 Å². The number of halogens is 3. The van der Waals surface area contributed by atoms with Gasteiger partial charge in [0, 0.05) is 28.7 Å². The minimum atomic E-state index is -0.116. The quantitative estimate of drug-likeness (QED) is 0.405. The van der Waals surface area contributed by atoms with Crippen molar-refractivity contribution in [1.29, 1.82) is 0 Å². The largest absolute Gasteiger partial charge is 0.308 e. The topological polar surface area (TPSA) is 36.4 Å². The molecule has 0 N–H and O–H groups in total. The lowest BCUT2D eigenvalue weighted by Gasteiger charge is -2.20. The highest BCUT2D eigenvalue weighted by Crippen LogP contribution is 2.31. The Bertz CT molecular complexity index is 990. The third-order valence-corrected chi connectivity index (χ3v) is 5.80. The second-order valence-electron chi connectivity index (χ2n) is 6.26. The van der Waals surface area contributed by atoms with Crippen LogP contribution in [0.3, 0.4) is 0 Å². The van der Waals surface area contributed by atoms with Gasteiger partial charge in [0.15, 0.2) is 5.13 Å². The van der Waals surface area contributed by atoms with Gasteiger partial charge in [0.25, 0.3) is 5.91 Å². The van der Waals surface area contributed by atoms with Crippen molar-refractivity contribution < 1.29 is 4.79 Å². The van der Waals surface area contributed by atoms with E-state index in [1.54, 1.807) is 23.1 Å². The number of thiazole rings is 1. The van der Waals surface area contributed by atoms with Gasteiger partial charge in [-0.05, 0) is 50.0 Å². The fraction of sp³-hybridized carbons (Fsp3) is 0.200. The molecule has 0 saturated heterocycles. The SMILES string of the molecule is CN(C)CCN(C(=O)C=Cc1ccccc1Cl)c1nc2ccc(Br)cc2s1.Cl. The number of hydrogen-bond acceptors (Lipinski definition) is 4. The molecule has 148 valence electrons.